The minimum Gasteiger partial charge on any atom is -0.345 e. The summed E-state index contributed by atoms with van der Waals surface area (Å²) < 4.78 is 0. The van der Waals surface area contributed by atoms with Crippen molar-refractivity contribution in [1.82, 2.24) is 14.9 Å². The lowest BCUT2D eigenvalue weighted by atomic mass is 10.1. The predicted octanol–water partition coefficient (Wildman–Crippen LogP) is 4.01. The van der Waals surface area contributed by atoms with E-state index in [0.717, 1.165) is 35.9 Å². The maximum atomic E-state index is 12.2. The first kappa shape index (κ1) is 16.1. The minimum atomic E-state index is 0.154. The Hall–Kier alpha value is -1.81. The van der Waals surface area contributed by atoms with Crippen LogP contribution in [0.5, 0.6) is 0 Å². The standard InChI is InChI=1S/C18H22ClN3O/c1-11(2)9-22-10-14(8-16(22)23)18-20-12(3)17(21-18)13-4-6-15(19)7-5-13/h4-7,11,14H,8-10H2,1-3H3,(H,20,21)/t14-/m0/s1. The Morgan fingerprint density at radius 3 is 2.70 bits per heavy atom. The van der Waals surface area contributed by atoms with Gasteiger partial charge in [-0.3, -0.25) is 4.79 Å². The summed E-state index contributed by atoms with van der Waals surface area (Å²) in [6.45, 7) is 7.86. The van der Waals surface area contributed by atoms with Crippen molar-refractivity contribution in [2.45, 2.75) is 33.1 Å². The van der Waals surface area contributed by atoms with Crippen LogP contribution in [0.25, 0.3) is 11.3 Å². The van der Waals surface area contributed by atoms with E-state index in [1.807, 2.05) is 36.1 Å². The Bertz CT molecular complexity index is 706. The summed E-state index contributed by atoms with van der Waals surface area (Å²) in [5, 5.41) is 0.716. The molecule has 1 aromatic heterocycles. The molecule has 2 heterocycles. The van der Waals surface area contributed by atoms with Gasteiger partial charge in [-0.05, 0) is 25.0 Å². The smallest absolute Gasteiger partial charge is 0.223 e. The first-order chi connectivity index (χ1) is 10.9. The zero-order chi connectivity index (χ0) is 16.6. The fraction of sp³-hybridized carbons (Fsp3) is 0.444. The Labute approximate surface area is 141 Å². The number of imidazole rings is 1. The van der Waals surface area contributed by atoms with Gasteiger partial charge in [0.05, 0.1) is 5.69 Å². The number of carbonyl (C=O) groups excluding carboxylic acids is 1. The molecule has 1 aliphatic rings. The average Bonchev–Trinajstić information content (AvgIpc) is 3.03. The first-order valence-corrected chi connectivity index (χ1v) is 8.42. The van der Waals surface area contributed by atoms with Gasteiger partial charge in [-0.15, -0.1) is 0 Å². The van der Waals surface area contributed by atoms with Crippen LogP contribution >= 0.6 is 11.6 Å². The van der Waals surface area contributed by atoms with E-state index in [9.17, 15) is 4.79 Å². The molecule has 122 valence electrons. The number of amides is 1. The third-order valence-corrected chi connectivity index (χ3v) is 4.46. The van der Waals surface area contributed by atoms with Crippen molar-refractivity contribution < 1.29 is 4.79 Å². The van der Waals surface area contributed by atoms with E-state index in [4.69, 9.17) is 16.6 Å². The maximum absolute atomic E-state index is 12.2. The number of rotatable bonds is 4. The van der Waals surface area contributed by atoms with Crippen LogP contribution in [0.4, 0.5) is 0 Å². The second-order valence-corrected chi connectivity index (χ2v) is 7.13. The zero-order valence-electron chi connectivity index (χ0n) is 13.8. The Morgan fingerprint density at radius 2 is 2.04 bits per heavy atom. The van der Waals surface area contributed by atoms with Crippen LogP contribution in [0.3, 0.4) is 0 Å². The molecule has 0 bridgehead atoms. The van der Waals surface area contributed by atoms with E-state index >= 15 is 0 Å². The molecule has 1 aromatic carbocycles. The van der Waals surface area contributed by atoms with Gasteiger partial charge in [0.15, 0.2) is 0 Å². The summed E-state index contributed by atoms with van der Waals surface area (Å²) in [6, 6.07) is 7.68. The molecule has 3 rings (SSSR count). The second kappa shape index (κ2) is 6.36. The van der Waals surface area contributed by atoms with Crippen LogP contribution in [0.2, 0.25) is 5.02 Å². The van der Waals surface area contributed by atoms with Crippen molar-refractivity contribution in [3.63, 3.8) is 0 Å². The summed E-state index contributed by atoms with van der Waals surface area (Å²) in [5.74, 6) is 1.78. The second-order valence-electron chi connectivity index (χ2n) is 6.70. The number of aryl methyl sites for hydroxylation is 1. The number of nitrogens with zero attached hydrogens (tertiary/aromatic N) is 2. The van der Waals surface area contributed by atoms with Crippen molar-refractivity contribution in [2.75, 3.05) is 13.1 Å². The van der Waals surface area contributed by atoms with Crippen LogP contribution in [0.1, 0.15) is 37.7 Å². The average molecular weight is 332 g/mol. The van der Waals surface area contributed by atoms with E-state index in [0.29, 0.717) is 17.4 Å². The molecule has 1 aliphatic heterocycles. The molecular formula is C18H22ClN3O. The highest BCUT2D eigenvalue weighted by Gasteiger charge is 2.33. The molecule has 23 heavy (non-hydrogen) atoms. The highest BCUT2D eigenvalue weighted by atomic mass is 35.5. The normalized spacial score (nSPS) is 18.2. The lowest BCUT2D eigenvalue weighted by Crippen LogP contribution is -2.29. The van der Waals surface area contributed by atoms with Gasteiger partial charge < -0.3 is 9.88 Å². The molecule has 0 aliphatic carbocycles. The van der Waals surface area contributed by atoms with E-state index in [1.165, 1.54) is 0 Å². The predicted molar refractivity (Wildman–Crippen MR) is 92.5 cm³/mol. The number of halogens is 1. The number of hydrogen-bond acceptors (Lipinski definition) is 2. The van der Waals surface area contributed by atoms with Gasteiger partial charge in [-0.1, -0.05) is 37.6 Å². The number of H-pyrrole nitrogens is 1. The van der Waals surface area contributed by atoms with E-state index in [-0.39, 0.29) is 11.8 Å². The molecule has 1 amide bonds. The van der Waals surface area contributed by atoms with Crippen molar-refractivity contribution in [3.8, 4) is 11.3 Å². The van der Waals surface area contributed by atoms with Crippen LogP contribution in [0, 0.1) is 12.8 Å². The Morgan fingerprint density at radius 1 is 1.35 bits per heavy atom. The van der Waals surface area contributed by atoms with E-state index in [1.54, 1.807) is 0 Å². The lowest BCUT2D eigenvalue weighted by Gasteiger charge is -2.18. The minimum absolute atomic E-state index is 0.154. The van der Waals surface area contributed by atoms with Gasteiger partial charge in [0.25, 0.3) is 0 Å². The molecule has 4 nitrogen and oxygen atoms in total. The van der Waals surface area contributed by atoms with Crippen molar-refractivity contribution in [2.24, 2.45) is 5.92 Å². The van der Waals surface area contributed by atoms with E-state index < -0.39 is 0 Å². The molecule has 0 saturated carbocycles. The number of carbonyl (C=O) groups is 1. The van der Waals surface area contributed by atoms with Crippen LogP contribution in [-0.4, -0.2) is 33.9 Å². The van der Waals surface area contributed by atoms with Gasteiger partial charge in [0.2, 0.25) is 5.91 Å². The van der Waals surface area contributed by atoms with Crippen molar-refractivity contribution in [3.05, 3.63) is 40.8 Å². The highest BCUT2D eigenvalue weighted by molar-refractivity contribution is 6.30. The molecule has 1 saturated heterocycles. The third-order valence-electron chi connectivity index (χ3n) is 4.21. The fourth-order valence-electron chi connectivity index (χ4n) is 3.14. The zero-order valence-corrected chi connectivity index (χ0v) is 14.5. The molecule has 0 radical (unpaired) electrons. The van der Waals surface area contributed by atoms with Gasteiger partial charge in [0, 0.05) is 41.7 Å². The SMILES string of the molecule is Cc1[nH]c([C@H]2CC(=O)N(CC(C)C)C2)nc1-c1ccc(Cl)cc1. The lowest BCUT2D eigenvalue weighted by molar-refractivity contribution is -0.128. The van der Waals surface area contributed by atoms with Crippen LogP contribution < -0.4 is 0 Å². The molecule has 0 spiro atoms. The third kappa shape index (κ3) is 3.42. The quantitative estimate of drug-likeness (QED) is 0.920. The molecule has 1 fully saturated rings. The molecule has 5 heteroatoms. The monoisotopic (exact) mass is 331 g/mol. The highest BCUT2D eigenvalue weighted by Crippen LogP contribution is 2.30. The topological polar surface area (TPSA) is 49.0 Å². The van der Waals surface area contributed by atoms with E-state index in [2.05, 4.69) is 18.8 Å². The van der Waals surface area contributed by atoms with Gasteiger partial charge in [-0.25, -0.2) is 4.98 Å². The first-order valence-electron chi connectivity index (χ1n) is 8.04. The summed E-state index contributed by atoms with van der Waals surface area (Å²) in [6.07, 6.45) is 0.541. The van der Waals surface area contributed by atoms with Gasteiger partial charge in [-0.2, -0.15) is 0 Å². The summed E-state index contributed by atoms with van der Waals surface area (Å²) >= 11 is 5.95. The number of aromatic nitrogens is 2. The summed E-state index contributed by atoms with van der Waals surface area (Å²) in [7, 11) is 0. The number of benzene rings is 1. The number of nitrogens with one attached hydrogen (secondary N) is 1. The van der Waals surface area contributed by atoms with Crippen molar-refractivity contribution in [1.29, 1.82) is 0 Å². The Balaban J connectivity index is 1.81. The number of aromatic amines is 1. The number of hydrogen-bond donors (Lipinski definition) is 1. The largest absolute Gasteiger partial charge is 0.345 e. The molecule has 0 unspecified atom stereocenters. The van der Waals surface area contributed by atoms with Gasteiger partial charge >= 0.3 is 0 Å². The molecular weight excluding hydrogens is 310 g/mol. The molecule has 1 N–H and O–H groups in total. The fourth-order valence-corrected chi connectivity index (χ4v) is 3.26. The molecule has 1 atom stereocenters. The number of likely N-dealkylation sites (tertiary alicyclic amines) is 1. The summed E-state index contributed by atoms with van der Waals surface area (Å²) in [4.78, 5) is 22.2. The maximum Gasteiger partial charge on any atom is 0.223 e. The van der Waals surface area contributed by atoms with Crippen LogP contribution in [-0.2, 0) is 4.79 Å². The summed E-state index contributed by atoms with van der Waals surface area (Å²) in [5.41, 5.74) is 3.00. The van der Waals surface area contributed by atoms with Crippen molar-refractivity contribution >= 4 is 17.5 Å². The molecule has 2 aromatic rings. The van der Waals surface area contributed by atoms with Crippen LogP contribution in [0.15, 0.2) is 24.3 Å². The van der Waals surface area contributed by atoms with Gasteiger partial charge in [0.1, 0.15) is 5.82 Å². The Kier molecular flexibility index (Phi) is 4.44.